The minimum Gasteiger partial charge on any atom is -0.481 e. The van der Waals surface area contributed by atoms with Crippen molar-refractivity contribution < 1.29 is 19.4 Å². The Morgan fingerprint density at radius 1 is 1.23 bits per heavy atom. The highest BCUT2D eigenvalue weighted by molar-refractivity contribution is 5.80. The molecule has 1 aromatic heterocycles. The van der Waals surface area contributed by atoms with E-state index < -0.39 is 17.6 Å². The summed E-state index contributed by atoms with van der Waals surface area (Å²) in [6.07, 6.45) is -0.219. The van der Waals surface area contributed by atoms with Gasteiger partial charge >= 0.3 is 5.97 Å². The number of carbonyl (C=O) groups is 2. The summed E-state index contributed by atoms with van der Waals surface area (Å²) in [4.78, 5) is 49.4. The summed E-state index contributed by atoms with van der Waals surface area (Å²) >= 11 is 0. The maximum absolute atomic E-state index is 12.5. The number of hydrogen-bond acceptors (Lipinski definition) is 5. The van der Waals surface area contributed by atoms with Gasteiger partial charge in [-0.25, -0.2) is 4.68 Å². The smallest absolute Gasteiger partial charge is 0.305 e. The third kappa shape index (κ3) is 3.67. The van der Waals surface area contributed by atoms with Crippen molar-refractivity contribution in [3.63, 3.8) is 0 Å². The van der Waals surface area contributed by atoms with Gasteiger partial charge in [-0.1, -0.05) is 12.1 Å². The Kier molecular flexibility index (Phi) is 5.17. The first kappa shape index (κ1) is 17.9. The maximum atomic E-state index is 12.5. The molecule has 1 saturated heterocycles. The fraction of sp³-hybridized carbons (Fsp3) is 0.412. The number of carboxylic acid groups (broad SMARTS) is 1. The highest BCUT2D eigenvalue weighted by Crippen LogP contribution is 2.12. The molecule has 1 aromatic carbocycles. The lowest BCUT2D eigenvalue weighted by Crippen LogP contribution is -2.49. The van der Waals surface area contributed by atoms with Crippen molar-refractivity contribution in [1.29, 1.82) is 0 Å². The van der Waals surface area contributed by atoms with Crippen molar-refractivity contribution in [1.82, 2.24) is 14.7 Å². The highest BCUT2D eigenvalue weighted by Gasteiger charge is 2.28. The van der Waals surface area contributed by atoms with Crippen LogP contribution in [0.5, 0.6) is 0 Å². The Labute approximate surface area is 147 Å². The molecule has 2 heterocycles. The van der Waals surface area contributed by atoms with Crippen LogP contribution in [-0.2, 0) is 20.9 Å². The molecule has 1 amide bonds. The number of carboxylic acids is 1. The Hall–Kier alpha value is -2.94. The Morgan fingerprint density at radius 3 is 2.69 bits per heavy atom. The molecule has 0 spiro atoms. The molecule has 0 bridgehead atoms. The second-order valence-electron chi connectivity index (χ2n) is 6.11. The predicted octanol–water partition coefficient (Wildman–Crippen LogP) is -0.218. The monoisotopic (exact) mass is 361 g/mol. The summed E-state index contributed by atoms with van der Waals surface area (Å²) in [5, 5.41) is 12.0. The quantitative estimate of drug-likeness (QED) is 0.759. The van der Waals surface area contributed by atoms with Gasteiger partial charge in [-0.2, -0.15) is 0 Å². The number of aliphatic carboxylic acids is 1. The molecule has 3 rings (SSSR count). The zero-order chi connectivity index (χ0) is 18.7. The van der Waals surface area contributed by atoms with Crippen LogP contribution in [0.4, 0.5) is 0 Å². The van der Waals surface area contributed by atoms with Crippen LogP contribution in [0.1, 0.15) is 12.8 Å². The molecule has 0 radical (unpaired) electrons. The third-order valence-corrected chi connectivity index (χ3v) is 4.39. The van der Waals surface area contributed by atoms with Crippen LogP contribution in [0, 0.1) is 0 Å². The van der Waals surface area contributed by atoms with Crippen molar-refractivity contribution in [2.45, 2.75) is 25.4 Å². The van der Waals surface area contributed by atoms with Gasteiger partial charge in [0.15, 0.2) is 0 Å². The first-order chi connectivity index (χ1) is 12.5. The topological polar surface area (TPSA) is 122 Å². The second kappa shape index (κ2) is 7.52. The molecular formula is C17H19N3O6. The van der Waals surface area contributed by atoms with Gasteiger partial charge in [0.05, 0.1) is 43.0 Å². The summed E-state index contributed by atoms with van der Waals surface area (Å²) in [5.41, 5.74) is -0.778. The SMILES string of the molecule is O=C(O)CC1COCCN1C(=O)CCn1[nH]c(=O)c2ccccc2c1=O. The molecule has 1 aliphatic rings. The van der Waals surface area contributed by atoms with E-state index in [1.807, 2.05) is 0 Å². The van der Waals surface area contributed by atoms with Gasteiger partial charge in [0.1, 0.15) is 0 Å². The summed E-state index contributed by atoms with van der Waals surface area (Å²) in [7, 11) is 0. The molecule has 1 atom stereocenters. The molecule has 1 aliphatic heterocycles. The number of rotatable bonds is 5. The number of amides is 1. The van der Waals surface area contributed by atoms with E-state index in [9.17, 15) is 19.2 Å². The van der Waals surface area contributed by atoms with Gasteiger partial charge in [0.25, 0.3) is 11.1 Å². The van der Waals surface area contributed by atoms with E-state index in [0.29, 0.717) is 23.9 Å². The minimum absolute atomic E-state index is 0.00882. The number of fused-ring (bicyclic) bond motifs is 1. The summed E-state index contributed by atoms with van der Waals surface area (Å²) in [6, 6.07) is 5.95. The molecule has 9 nitrogen and oxygen atoms in total. The van der Waals surface area contributed by atoms with Gasteiger partial charge in [-0.05, 0) is 12.1 Å². The molecule has 9 heteroatoms. The van der Waals surface area contributed by atoms with Crippen molar-refractivity contribution in [3.05, 3.63) is 45.0 Å². The molecule has 0 saturated carbocycles. The first-order valence-electron chi connectivity index (χ1n) is 8.28. The van der Waals surface area contributed by atoms with Gasteiger partial charge in [-0.15, -0.1) is 0 Å². The molecule has 2 N–H and O–H groups in total. The van der Waals surface area contributed by atoms with E-state index in [0.717, 1.165) is 4.68 Å². The van der Waals surface area contributed by atoms with E-state index in [4.69, 9.17) is 9.84 Å². The average molecular weight is 361 g/mol. The van der Waals surface area contributed by atoms with Crippen LogP contribution in [0.15, 0.2) is 33.9 Å². The van der Waals surface area contributed by atoms with Gasteiger partial charge in [0, 0.05) is 13.0 Å². The van der Waals surface area contributed by atoms with Gasteiger partial charge < -0.3 is 14.7 Å². The number of nitrogens with one attached hydrogen (secondary N) is 1. The molecule has 26 heavy (non-hydrogen) atoms. The largest absolute Gasteiger partial charge is 0.481 e. The molecule has 138 valence electrons. The number of aryl methyl sites for hydroxylation is 1. The van der Waals surface area contributed by atoms with E-state index in [2.05, 4.69) is 5.10 Å². The van der Waals surface area contributed by atoms with Crippen LogP contribution in [-0.4, -0.2) is 57.5 Å². The van der Waals surface area contributed by atoms with Crippen molar-refractivity contribution >= 4 is 22.6 Å². The zero-order valence-electron chi connectivity index (χ0n) is 14.0. The lowest BCUT2D eigenvalue weighted by Gasteiger charge is -2.35. The average Bonchev–Trinajstić information content (AvgIpc) is 2.63. The van der Waals surface area contributed by atoms with E-state index in [1.165, 1.54) is 4.90 Å². The zero-order valence-corrected chi connectivity index (χ0v) is 14.0. The van der Waals surface area contributed by atoms with Crippen LogP contribution < -0.4 is 11.1 Å². The van der Waals surface area contributed by atoms with Gasteiger partial charge in [-0.3, -0.25) is 24.3 Å². The minimum atomic E-state index is -1.01. The fourth-order valence-electron chi connectivity index (χ4n) is 3.11. The van der Waals surface area contributed by atoms with Crippen molar-refractivity contribution in [2.24, 2.45) is 0 Å². The number of H-pyrrole nitrogens is 1. The van der Waals surface area contributed by atoms with Crippen molar-refractivity contribution in [3.8, 4) is 0 Å². The van der Waals surface area contributed by atoms with Crippen LogP contribution in [0.2, 0.25) is 0 Å². The number of ether oxygens (including phenoxy) is 1. The summed E-state index contributed by atoms with van der Waals surface area (Å²) < 4.78 is 6.37. The fourth-order valence-corrected chi connectivity index (χ4v) is 3.11. The highest BCUT2D eigenvalue weighted by atomic mass is 16.5. The Morgan fingerprint density at radius 2 is 1.96 bits per heavy atom. The summed E-state index contributed by atoms with van der Waals surface area (Å²) in [5.74, 6) is -1.28. The van der Waals surface area contributed by atoms with Crippen LogP contribution in [0.3, 0.4) is 0 Å². The lowest BCUT2D eigenvalue weighted by atomic mass is 10.1. The third-order valence-electron chi connectivity index (χ3n) is 4.39. The van der Waals surface area contributed by atoms with E-state index >= 15 is 0 Å². The van der Waals surface area contributed by atoms with E-state index in [1.54, 1.807) is 24.3 Å². The molecule has 1 unspecified atom stereocenters. The Bertz CT molecular complexity index is 947. The number of aromatic amines is 1. The van der Waals surface area contributed by atoms with E-state index in [-0.39, 0.29) is 37.5 Å². The standard InChI is InChI=1S/C17H19N3O6/c21-14(19-7-8-26-10-11(19)9-15(22)23)5-6-20-17(25)13-4-2-1-3-12(13)16(24)18-20/h1-4,11H,5-10H2,(H,18,24)(H,22,23). The Balaban J connectivity index is 1.76. The number of aromatic nitrogens is 2. The number of benzene rings is 1. The molecule has 2 aromatic rings. The number of morpholine rings is 1. The van der Waals surface area contributed by atoms with Crippen LogP contribution in [0.25, 0.3) is 10.8 Å². The lowest BCUT2D eigenvalue weighted by molar-refractivity contribution is -0.146. The maximum Gasteiger partial charge on any atom is 0.305 e. The molecular weight excluding hydrogens is 342 g/mol. The molecule has 1 fully saturated rings. The van der Waals surface area contributed by atoms with Gasteiger partial charge in [0.2, 0.25) is 5.91 Å². The number of hydrogen-bond donors (Lipinski definition) is 2. The molecule has 0 aliphatic carbocycles. The number of nitrogens with zero attached hydrogens (tertiary/aromatic N) is 2. The number of carbonyl (C=O) groups excluding carboxylic acids is 1. The summed E-state index contributed by atoms with van der Waals surface area (Å²) in [6.45, 7) is 0.828. The first-order valence-corrected chi connectivity index (χ1v) is 8.28. The predicted molar refractivity (Wildman–Crippen MR) is 92.0 cm³/mol. The van der Waals surface area contributed by atoms with Crippen LogP contribution >= 0.6 is 0 Å². The van der Waals surface area contributed by atoms with Crippen molar-refractivity contribution in [2.75, 3.05) is 19.8 Å². The second-order valence-corrected chi connectivity index (χ2v) is 6.11. The normalized spacial score (nSPS) is 17.4.